The minimum absolute atomic E-state index is 0.197. The van der Waals surface area contributed by atoms with Gasteiger partial charge in [-0.1, -0.05) is 20.8 Å². The van der Waals surface area contributed by atoms with Crippen LogP contribution in [0, 0.1) is 5.41 Å². The van der Waals surface area contributed by atoms with Crippen molar-refractivity contribution in [3.8, 4) is 0 Å². The molecule has 0 aliphatic carbocycles. The monoisotopic (exact) mass is 255 g/mol. The van der Waals surface area contributed by atoms with E-state index in [-0.39, 0.29) is 11.3 Å². The zero-order valence-corrected chi connectivity index (χ0v) is 12.6. The fraction of sp³-hybridized carbons (Fsp3) is 0.933. The van der Waals surface area contributed by atoms with Crippen LogP contribution in [0.2, 0.25) is 0 Å². The predicted molar refractivity (Wildman–Crippen MR) is 74.3 cm³/mol. The Bertz CT molecular complexity index is 291. The van der Waals surface area contributed by atoms with Crippen LogP contribution in [0.15, 0.2) is 0 Å². The van der Waals surface area contributed by atoms with Gasteiger partial charge in [-0.3, -0.25) is 4.79 Å². The summed E-state index contributed by atoms with van der Waals surface area (Å²) in [5.41, 5.74) is -0.117. The largest absolute Gasteiger partial charge is 0.391 e. The smallest absolute Gasteiger partial charge is 0.223 e. The Kier molecular flexibility index (Phi) is 4.82. The quantitative estimate of drug-likeness (QED) is 0.842. The fourth-order valence-corrected chi connectivity index (χ4v) is 2.62. The van der Waals surface area contributed by atoms with Crippen molar-refractivity contribution in [2.75, 3.05) is 6.54 Å². The van der Waals surface area contributed by atoms with E-state index in [1.807, 2.05) is 18.7 Å². The van der Waals surface area contributed by atoms with Gasteiger partial charge in [0.05, 0.1) is 11.6 Å². The van der Waals surface area contributed by atoms with Crippen molar-refractivity contribution in [1.29, 1.82) is 0 Å². The number of rotatable bonds is 3. The van der Waals surface area contributed by atoms with Crippen molar-refractivity contribution in [2.24, 2.45) is 5.41 Å². The molecule has 3 nitrogen and oxygen atoms in total. The summed E-state index contributed by atoms with van der Waals surface area (Å²) in [7, 11) is 0. The lowest BCUT2D eigenvalue weighted by atomic mass is 9.86. The van der Waals surface area contributed by atoms with E-state index in [1.54, 1.807) is 0 Å². The van der Waals surface area contributed by atoms with E-state index in [4.69, 9.17) is 0 Å². The van der Waals surface area contributed by atoms with Gasteiger partial charge in [-0.15, -0.1) is 0 Å². The maximum absolute atomic E-state index is 12.3. The van der Waals surface area contributed by atoms with Crippen molar-refractivity contribution in [3.63, 3.8) is 0 Å². The number of carbonyl (C=O) groups is 1. The van der Waals surface area contributed by atoms with Crippen LogP contribution in [0.3, 0.4) is 0 Å². The van der Waals surface area contributed by atoms with Crippen LogP contribution in [0.5, 0.6) is 0 Å². The molecule has 1 N–H and O–H groups in total. The highest BCUT2D eigenvalue weighted by molar-refractivity contribution is 5.77. The Morgan fingerprint density at radius 2 is 2.00 bits per heavy atom. The molecule has 1 rings (SSSR count). The second kappa shape index (κ2) is 5.60. The zero-order valence-electron chi connectivity index (χ0n) is 12.6. The molecular formula is C15H29NO2. The van der Waals surface area contributed by atoms with Gasteiger partial charge in [0, 0.05) is 13.0 Å². The first kappa shape index (κ1) is 15.5. The number of nitrogens with zero attached hydrogens (tertiary/aromatic N) is 1. The van der Waals surface area contributed by atoms with Crippen LogP contribution in [0.4, 0.5) is 0 Å². The molecule has 1 atom stereocenters. The number of hydrogen-bond acceptors (Lipinski definition) is 2. The number of piperidine rings is 1. The Balaban J connectivity index is 2.50. The van der Waals surface area contributed by atoms with Crippen LogP contribution in [0.25, 0.3) is 0 Å². The third kappa shape index (κ3) is 3.98. The van der Waals surface area contributed by atoms with Crippen LogP contribution < -0.4 is 0 Å². The second-order valence-corrected chi connectivity index (χ2v) is 7.27. The second-order valence-electron chi connectivity index (χ2n) is 7.27. The molecule has 0 aromatic carbocycles. The molecule has 1 aliphatic rings. The minimum atomic E-state index is -0.406. The average Bonchev–Trinajstić information content (AvgIpc) is 2.19. The molecular weight excluding hydrogens is 226 g/mol. The standard InChI is InChI=1S/C15H29NO2/c1-14(2,3)10-6-9-13(18)16-11-7-8-12(17)15(16,4)5/h12,17H,6-11H2,1-5H3. The molecule has 1 saturated heterocycles. The Labute approximate surface area is 112 Å². The summed E-state index contributed by atoms with van der Waals surface area (Å²) in [6.45, 7) is 11.3. The SMILES string of the molecule is CC(C)(C)CCCC(=O)N1CCCC(O)C1(C)C. The van der Waals surface area contributed by atoms with Gasteiger partial charge in [0.25, 0.3) is 0 Å². The van der Waals surface area contributed by atoms with Gasteiger partial charge >= 0.3 is 0 Å². The molecule has 3 heteroatoms. The third-order valence-corrected chi connectivity index (χ3v) is 3.99. The van der Waals surface area contributed by atoms with E-state index < -0.39 is 11.6 Å². The Morgan fingerprint density at radius 1 is 1.39 bits per heavy atom. The normalized spacial score (nSPS) is 24.1. The maximum Gasteiger partial charge on any atom is 0.223 e. The van der Waals surface area contributed by atoms with Gasteiger partial charge in [0.1, 0.15) is 0 Å². The first-order chi connectivity index (χ1) is 8.14. The van der Waals surface area contributed by atoms with Crippen molar-refractivity contribution in [3.05, 3.63) is 0 Å². The van der Waals surface area contributed by atoms with Gasteiger partial charge in [-0.05, 0) is 44.9 Å². The highest BCUT2D eigenvalue weighted by atomic mass is 16.3. The van der Waals surface area contributed by atoms with Gasteiger partial charge in [0.15, 0.2) is 0 Å². The predicted octanol–water partition coefficient (Wildman–Crippen LogP) is 2.96. The highest BCUT2D eigenvalue weighted by Crippen LogP contribution is 2.29. The summed E-state index contributed by atoms with van der Waals surface area (Å²) in [4.78, 5) is 14.1. The summed E-state index contributed by atoms with van der Waals surface area (Å²) in [5, 5.41) is 10.0. The molecule has 0 radical (unpaired) electrons. The number of hydrogen-bond donors (Lipinski definition) is 1. The lowest BCUT2D eigenvalue weighted by molar-refractivity contribution is -0.145. The van der Waals surface area contributed by atoms with Crippen LogP contribution >= 0.6 is 0 Å². The van der Waals surface area contributed by atoms with Crippen LogP contribution in [-0.2, 0) is 4.79 Å². The first-order valence-corrected chi connectivity index (χ1v) is 7.13. The first-order valence-electron chi connectivity index (χ1n) is 7.13. The number of aliphatic hydroxyl groups is 1. The zero-order chi connectivity index (χ0) is 14.0. The van der Waals surface area contributed by atoms with E-state index in [2.05, 4.69) is 20.8 Å². The van der Waals surface area contributed by atoms with E-state index in [0.29, 0.717) is 6.42 Å². The maximum atomic E-state index is 12.3. The molecule has 1 heterocycles. The lowest BCUT2D eigenvalue weighted by Crippen LogP contribution is -2.58. The van der Waals surface area contributed by atoms with Crippen LogP contribution in [-0.4, -0.2) is 34.1 Å². The number of likely N-dealkylation sites (tertiary alicyclic amines) is 1. The van der Waals surface area contributed by atoms with Gasteiger partial charge in [-0.25, -0.2) is 0 Å². The number of aliphatic hydroxyl groups excluding tert-OH is 1. The van der Waals surface area contributed by atoms with E-state index in [1.165, 1.54) is 0 Å². The molecule has 106 valence electrons. The number of carbonyl (C=O) groups excluding carboxylic acids is 1. The topological polar surface area (TPSA) is 40.5 Å². The third-order valence-electron chi connectivity index (χ3n) is 3.99. The highest BCUT2D eigenvalue weighted by Gasteiger charge is 2.39. The summed E-state index contributed by atoms with van der Waals surface area (Å²) < 4.78 is 0. The van der Waals surface area contributed by atoms with Gasteiger partial charge in [-0.2, -0.15) is 0 Å². The fourth-order valence-electron chi connectivity index (χ4n) is 2.62. The molecule has 1 unspecified atom stereocenters. The number of amides is 1. The van der Waals surface area contributed by atoms with Crippen molar-refractivity contribution in [2.45, 2.75) is 78.4 Å². The molecule has 18 heavy (non-hydrogen) atoms. The molecule has 0 saturated carbocycles. The molecule has 1 amide bonds. The molecule has 1 fully saturated rings. The van der Waals surface area contributed by atoms with E-state index >= 15 is 0 Å². The van der Waals surface area contributed by atoms with Crippen LogP contribution in [0.1, 0.15) is 66.7 Å². The van der Waals surface area contributed by atoms with E-state index in [9.17, 15) is 9.90 Å². The Morgan fingerprint density at radius 3 is 2.56 bits per heavy atom. The summed E-state index contributed by atoms with van der Waals surface area (Å²) in [6.07, 6.45) is 3.93. The average molecular weight is 255 g/mol. The summed E-state index contributed by atoms with van der Waals surface area (Å²) in [6, 6.07) is 0. The molecule has 1 aliphatic heterocycles. The van der Waals surface area contributed by atoms with Crippen molar-refractivity contribution in [1.82, 2.24) is 4.90 Å². The molecule has 0 aromatic heterocycles. The van der Waals surface area contributed by atoms with Crippen molar-refractivity contribution < 1.29 is 9.90 Å². The van der Waals surface area contributed by atoms with Gasteiger partial charge in [0.2, 0.25) is 5.91 Å². The summed E-state index contributed by atoms with van der Waals surface area (Å²) in [5.74, 6) is 0.197. The molecule has 0 bridgehead atoms. The minimum Gasteiger partial charge on any atom is -0.391 e. The van der Waals surface area contributed by atoms with Gasteiger partial charge < -0.3 is 10.0 Å². The van der Waals surface area contributed by atoms with Crippen molar-refractivity contribution >= 4 is 5.91 Å². The Hall–Kier alpha value is -0.570. The lowest BCUT2D eigenvalue weighted by Gasteiger charge is -2.46. The summed E-state index contributed by atoms with van der Waals surface area (Å²) >= 11 is 0. The molecule has 0 aromatic rings. The molecule has 0 spiro atoms. The van der Waals surface area contributed by atoms with E-state index in [0.717, 1.165) is 32.2 Å².